The molecule has 0 saturated carbocycles. The minimum atomic E-state index is -1.38. The van der Waals surface area contributed by atoms with E-state index in [1.165, 1.54) is 30.1 Å². The maximum absolute atomic E-state index is 6.38. The highest BCUT2D eigenvalue weighted by atomic mass is 28.4. The summed E-state index contributed by atoms with van der Waals surface area (Å²) in [5.41, 5.74) is 1.41. The Bertz CT molecular complexity index is 195. The Hall–Kier alpha value is -0.0831. The van der Waals surface area contributed by atoms with Crippen LogP contribution in [-0.2, 0) is 4.43 Å². The van der Waals surface area contributed by atoms with Crippen LogP contribution in [0.4, 0.5) is 0 Å². The van der Waals surface area contributed by atoms with Crippen molar-refractivity contribution in [3.05, 3.63) is 11.6 Å². The fraction of sp³-hybridized carbons (Fsp3) is 0.857. The lowest BCUT2D eigenvalue weighted by atomic mass is 10.2. The minimum Gasteiger partial charge on any atom is -0.414 e. The van der Waals surface area contributed by atoms with Crippen LogP contribution in [0.15, 0.2) is 11.6 Å². The van der Waals surface area contributed by atoms with Crippen molar-refractivity contribution >= 4 is 8.32 Å². The summed E-state index contributed by atoms with van der Waals surface area (Å²) < 4.78 is 6.38. The average molecular weight is 242 g/mol. The maximum Gasteiger partial charge on any atom is 0.192 e. The summed E-state index contributed by atoms with van der Waals surface area (Å²) in [6.45, 7) is 13.4. The molecule has 1 unspecified atom stereocenters. The van der Waals surface area contributed by atoms with E-state index >= 15 is 0 Å². The lowest BCUT2D eigenvalue weighted by molar-refractivity contribution is 0.196. The maximum atomic E-state index is 6.38. The van der Waals surface area contributed by atoms with Crippen molar-refractivity contribution < 1.29 is 4.43 Å². The van der Waals surface area contributed by atoms with Crippen LogP contribution in [0.3, 0.4) is 0 Å². The Balaban J connectivity index is 4.10. The van der Waals surface area contributed by atoms with Crippen molar-refractivity contribution in [2.24, 2.45) is 0 Å². The summed E-state index contributed by atoms with van der Waals surface area (Å²) in [5.74, 6) is 0. The largest absolute Gasteiger partial charge is 0.414 e. The van der Waals surface area contributed by atoms with Gasteiger partial charge in [-0.05, 0) is 51.7 Å². The molecule has 0 aromatic heterocycles. The highest BCUT2D eigenvalue weighted by Gasteiger charge is 2.30. The summed E-state index contributed by atoms with van der Waals surface area (Å²) in [5, 5.41) is 0. The van der Waals surface area contributed by atoms with Gasteiger partial charge in [0, 0.05) is 6.10 Å². The zero-order valence-electron chi connectivity index (χ0n) is 12.1. The molecule has 96 valence electrons. The smallest absolute Gasteiger partial charge is 0.192 e. The molecule has 0 heterocycles. The second-order valence-electron chi connectivity index (χ2n) is 5.03. The third kappa shape index (κ3) is 5.85. The van der Waals surface area contributed by atoms with E-state index in [9.17, 15) is 0 Å². The van der Waals surface area contributed by atoms with Crippen LogP contribution >= 0.6 is 0 Å². The van der Waals surface area contributed by atoms with Gasteiger partial charge in [-0.25, -0.2) is 0 Å². The van der Waals surface area contributed by atoms with E-state index in [4.69, 9.17) is 4.43 Å². The van der Waals surface area contributed by atoms with Crippen molar-refractivity contribution in [2.75, 3.05) is 0 Å². The molecule has 0 aromatic carbocycles. The van der Waals surface area contributed by atoms with E-state index in [-0.39, 0.29) is 0 Å². The van der Waals surface area contributed by atoms with Crippen LogP contribution in [-0.4, -0.2) is 14.4 Å². The quantitative estimate of drug-likeness (QED) is 0.423. The monoisotopic (exact) mass is 242 g/mol. The van der Waals surface area contributed by atoms with Crippen LogP contribution in [0.1, 0.15) is 54.4 Å². The van der Waals surface area contributed by atoms with Crippen LogP contribution in [0.2, 0.25) is 18.1 Å². The summed E-state index contributed by atoms with van der Waals surface area (Å²) >= 11 is 0. The average Bonchev–Trinajstić information content (AvgIpc) is 2.25. The topological polar surface area (TPSA) is 9.23 Å². The van der Waals surface area contributed by atoms with Crippen molar-refractivity contribution in [1.29, 1.82) is 0 Å². The van der Waals surface area contributed by atoms with E-state index in [0.717, 1.165) is 6.42 Å². The highest BCUT2D eigenvalue weighted by molar-refractivity contribution is 6.73. The summed E-state index contributed by atoms with van der Waals surface area (Å²) in [4.78, 5) is 0. The first kappa shape index (κ1) is 15.9. The molecule has 0 bridgehead atoms. The summed E-state index contributed by atoms with van der Waals surface area (Å²) in [7, 11) is -1.38. The normalized spacial score (nSPS) is 13.6. The van der Waals surface area contributed by atoms with Crippen molar-refractivity contribution in [2.45, 2.75) is 78.6 Å². The highest BCUT2D eigenvalue weighted by Crippen LogP contribution is 2.24. The Morgan fingerprint density at radius 1 is 1.12 bits per heavy atom. The molecule has 0 aliphatic carbocycles. The minimum absolute atomic E-state index is 0.433. The third-order valence-electron chi connectivity index (χ3n) is 3.51. The second kappa shape index (κ2) is 8.07. The molecule has 0 aromatic rings. The van der Waals surface area contributed by atoms with Gasteiger partial charge in [0.05, 0.1) is 0 Å². The molecule has 0 fully saturated rings. The van der Waals surface area contributed by atoms with Crippen molar-refractivity contribution in [1.82, 2.24) is 0 Å². The first-order valence-electron chi connectivity index (χ1n) is 6.80. The molecule has 0 N–H and O–H groups in total. The fourth-order valence-electron chi connectivity index (χ4n) is 2.09. The number of allylic oxidation sites excluding steroid dienone is 2. The number of hydrogen-bond acceptors (Lipinski definition) is 1. The Kier molecular flexibility index (Phi) is 8.03. The van der Waals surface area contributed by atoms with Gasteiger partial charge in [-0.1, -0.05) is 32.4 Å². The third-order valence-corrected chi connectivity index (χ3v) is 8.28. The molecule has 0 aliphatic heterocycles. The van der Waals surface area contributed by atoms with Crippen molar-refractivity contribution in [3.63, 3.8) is 0 Å². The molecule has 0 radical (unpaired) electrons. The van der Waals surface area contributed by atoms with Gasteiger partial charge >= 0.3 is 0 Å². The van der Waals surface area contributed by atoms with E-state index < -0.39 is 8.32 Å². The molecule has 0 aliphatic rings. The standard InChI is InChI=1S/C14H30OSi/c1-7-16(8-2,9-3)15-14(6)12-10-11-13(4)5/h11,14H,7-10,12H2,1-6H3. The molecule has 2 heteroatoms. The van der Waals surface area contributed by atoms with Gasteiger partial charge in [0.25, 0.3) is 0 Å². The second-order valence-corrected chi connectivity index (χ2v) is 9.75. The number of hydrogen-bond donors (Lipinski definition) is 0. The Morgan fingerprint density at radius 3 is 2.00 bits per heavy atom. The van der Waals surface area contributed by atoms with Crippen molar-refractivity contribution in [3.8, 4) is 0 Å². The molecular weight excluding hydrogens is 212 g/mol. The molecule has 16 heavy (non-hydrogen) atoms. The van der Waals surface area contributed by atoms with Crippen LogP contribution < -0.4 is 0 Å². The van der Waals surface area contributed by atoms with Gasteiger partial charge in [0.1, 0.15) is 0 Å². The van der Waals surface area contributed by atoms with E-state index in [2.05, 4.69) is 47.6 Å². The number of rotatable bonds is 8. The van der Waals surface area contributed by atoms with Gasteiger partial charge in [0.2, 0.25) is 0 Å². The Morgan fingerprint density at radius 2 is 1.62 bits per heavy atom. The van der Waals surface area contributed by atoms with E-state index in [0.29, 0.717) is 6.10 Å². The van der Waals surface area contributed by atoms with Gasteiger partial charge < -0.3 is 4.43 Å². The van der Waals surface area contributed by atoms with Gasteiger partial charge in [-0.3, -0.25) is 0 Å². The summed E-state index contributed by atoms with van der Waals surface area (Å²) in [6, 6.07) is 3.77. The lowest BCUT2D eigenvalue weighted by Crippen LogP contribution is -2.39. The van der Waals surface area contributed by atoms with E-state index in [1.54, 1.807) is 0 Å². The van der Waals surface area contributed by atoms with Crippen LogP contribution in [0, 0.1) is 0 Å². The van der Waals surface area contributed by atoms with Crippen LogP contribution in [0.25, 0.3) is 0 Å². The Labute approximate surface area is 103 Å². The SMILES string of the molecule is CC[Si](CC)(CC)OC(C)CCC=C(C)C. The molecule has 0 spiro atoms. The first-order chi connectivity index (χ1) is 7.49. The molecular formula is C14H30OSi. The molecule has 1 atom stereocenters. The predicted molar refractivity (Wildman–Crippen MR) is 76.4 cm³/mol. The van der Waals surface area contributed by atoms with Gasteiger partial charge in [-0.2, -0.15) is 0 Å². The first-order valence-corrected chi connectivity index (χ1v) is 9.33. The lowest BCUT2D eigenvalue weighted by Gasteiger charge is -2.31. The molecule has 1 nitrogen and oxygen atoms in total. The van der Waals surface area contributed by atoms with E-state index in [1.807, 2.05) is 0 Å². The molecule has 0 rings (SSSR count). The molecule has 0 saturated heterocycles. The zero-order valence-corrected chi connectivity index (χ0v) is 13.1. The summed E-state index contributed by atoms with van der Waals surface area (Å²) in [6.07, 6.45) is 5.07. The predicted octanol–water partition coefficient (Wildman–Crippen LogP) is 5.14. The van der Waals surface area contributed by atoms with Gasteiger partial charge in [0.15, 0.2) is 8.32 Å². The zero-order chi connectivity index (χ0) is 12.6. The fourth-order valence-corrected chi connectivity index (χ4v) is 5.06. The molecule has 0 amide bonds. The van der Waals surface area contributed by atoms with Gasteiger partial charge in [-0.15, -0.1) is 0 Å². The van der Waals surface area contributed by atoms with Crippen LogP contribution in [0.5, 0.6) is 0 Å².